The normalized spacial score (nSPS) is 10.6. The van der Waals surface area contributed by atoms with Crippen molar-refractivity contribution < 1.29 is 19.5 Å². The predicted octanol–water partition coefficient (Wildman–Crippen LogP) is 4.38. The lowest BCUT2D eigenvalue weighted by Crippen LogP contribution is -2.17. The molecule has 0 radical (unpaired) electrons. The van der Waals surface area contributed by atoms with E-state index >= 15 is 0 Å². The van der Waals surface area contributed by atoms with Gasteiger partial charge in [0.25, 0.3) is 0 Å². The zero-order valence-electron chi connectivity index (χ0n) is 19.3. The van der Waals surface area contributed by atoms with E-state index in [0.717, 1.165) is 59.2 Å². The lowest BCUT2D eigenvalue weighted by Gasteiger charge is -2.15. The Labute approximate surface area is 199 Å². The number of nitrogens with one attached hydrogen (secondary N) is 2. The summed E-state index contributed by atoms with van der Waals surface area (Å²) in [5.74, 6) is 3.76. The van der Waals surface area contributed by atoms with Crippen LogP contribution in [0.25, 0.3) is 10.9 Å². The quantitative estimate of drug-likeness (QED) is 0.150. The molecule has 3 aromatic rings. The fourth-order valence-electron chi connectivity index (χ4n) is 3.59. The minimum atomic E-state index is -0.369. The van der Waals surface area contributed by atoms with Crippen LogP contribution in [0.5, 0.6) is 5.75 Å². The zero-order chi connectivity index (χ0) is 24.2. The summed E-state index contributed by atoms with van der Waals surface area (Å²) in [6, 6.07) is 11.6. The number of ether oxygens (including phenoxy) is 2. The number of unbranched alkanes of at least 4 members (excludes halogenated alkanes) is 2. The van der Waals surface area contributed by atoms with Crippen LogP contribution in [-0.2, 0) is 16.0 Å². The number of fused-ring (bicyclic) bond motifs is 1. The van der Waals surface area contributed by atoms with Crippen LogP contribution in [0.1, 0.15) is 43.2 Å². The van der Waals surface area contributed by atoms with E-state index < -0.39 is 0 Å². The molecule has 0 saturated heterocycles. The van der Waals surface area contributed by atoms with Gasteiger partial charge in [0, 0.05) is 42.8 Å². The van der Waals surface area contributed by atoms with E-state index in [4.69, 9.17) is 21.1 Å². The summed E-state index contributed by atoms with van der Waals surface area (Å²) < 4.78 is 11.3. The molecule has 0 saturated carbocycles. The second-order valence-electron chi connectivity index (χ2n) is 7.84. The average Bonchev–Trinajstić information content (AvgIpc) is 2.86. The number of amides is 1. The number of aryl methyl sites for hydroxylation is 1. The van der Waals surface area contributed by atoms with Crippen LogP contribution >= 0.6 is 0 Å². The fraction of sp³-hybridized carbons (Fsp3) is 0.346. The molecule has 0 spiro atoms. The van der Waals surface area contributed by atoms with Gasteiger partial charge in [0.05, 0.1) is 12.1 Å². The van der Waals surface area contributed by atoms with Gasteiger partial charge in [0.1, 0.15) is 17.9 Å². The van der Waals surface area contributed by atoms with Gasteiger partial charge >= 0.3 is 0 Å². The van der Waals surface area contributed by atoms with Gasteiger partial charge in [0.2, 0.25) is 5.91 Å². The first-order valence-corrected chi connectivity index (χ1v) is 11.3. The van der Waals surface area contributed by atoms with Gasteiger partial charge in [0.15, 0.2) is 0 Å². The van der Waals surface area contributed by atoms with Crippen molar-refractivity contribution in [3.8, 4) is 18.1 Å². The number of carbonyl (C=O) groups excluding carboxylic acids is 1. The predicted molar refractivity (Wildman–Crippen MR) is 131 cm³/mol. The Morgan fingerprint density at radius 1 is 1.12 bits per heavy atom. The van der Waals surface area contributed by atoms with Gasteiger partial charge in [-0.05, 0) is 61.9 Å². The Balaban J connectivity index is 1.77. The Hall–Kier alpha value is -3.67. The summed E-state index contributed by atoms with van der Waals surface area (Å²) in [6.07, 6.45) is 11.3. The van der Waals surface area contributed by atoms with Crippen molar-refractivity contribution in [1.29, 1.82) is 0 Å². The van der Waals surface area contributed by atoms with Crippen molar-refractivity contribution in [3.63, 3.8) is 0 Å². The maximum atomic E-state index is 11.1. The Morgan fingerprint density at radius 3 is 2.79 bits per heavy atom. The zero-order valence-corrected chi connectivity index (χ0v) is 19.3. The molecule has 1 aromatic heterocycles. The van der Waals surface area contributed by atoms with Crippen LogP contribution in [0, 0.1) is 12.3 Å². The highest BCUT2D eigenvalue weighted by Gasteiger charge is 2.12. The van der Waals surface area contributed by atoms with Crippen LogP contribution < -0.4 is 15.5 Å². The number of hydroxylamine groups is 1. The van der Waals surface area contributed by atoms with Gasteiger partial charge in [-0.15, -0.1) is 6.42 Å². The number of terminal acetylenes is 1. The molecule has 3 N–H and O–H groups in total. The maximum Gasteiger partial charge on any atom is 0.243 e. The van der Waals surface area contributed by atoms with Gasteiger partial charge in [-0.2, -0.15) is 0 Å². The monoisotopic (exact) mass is 462 g/mol. The highest BCUT2D eigenvalue weighted by atomic mass is 16.5. The highest BCUT2D eigenvalue weighted by Crippen LogP contribution is 2.31. The SMILES string of the molecule is C#Cc1cccc(Nc2ncnc3cc(OCCCCCC(=O)NO)c(CCCOC)cc23)c1. The van der Waals surface area contributed by atoms with E-state index in [1.165, 1.54) is 6.33 Å². The lowest BCUT2D eigenvalue weighted by molar-refractivity contribution is -0.129. The maximum absolute atomic E-state index is 11.1. The number of carbonyl (C=O) groups is 1. The molecule has 0 unspecified atom stereocenters. The molecule has 0 aliphatic rings. The minimum Gasteiger partial charge on any atom is -0.493 e. The van der Waals surface area contributed by atoms with Crippen molar-refractivity contribution in [2.24, 2.45) is 0 Å². The summed E-state index contributed by atoms with van der Waals surface area (Å²) in [5.41, 5.74) is 5.12. The highest BCUT2D eigenvalue weighted by molar-refractivity contribution is 5.92. The van der Waals surface area contributed by atoms with E-state index in [1.807, 2.05) is 30.3 Å². The largest absolute Gasteiger partial charge is 0.493 e. The molecule has 8 heteroatoms. The van der Waals surface area contributed by atoms with E-state index in [1.54, 1.807) is 12.6 Å². The Kier molecular flexibility index (Phi) is 9.65. The molecule has 0 aliphatic carbocycles. The first kappa shape index (κ1) is 25.0. The van der Waals surface area contributed by atoms with Gasteiger partial charge < -0.3 is 14.8 Å². The summed E-state index contributed by atoms with van der Waals surface area (Å²) in [6.45, 7) is 1.18. The second kappa shape index (κ2) is 13.1. The first-order chi connectivity index (χ1) is 16.6. The smallest absolute Gasteiger partial charge is 0.243 e. The molecule has 3 rings (SSSR count). The Morgan fingerprint density at radius 2 is 2.00 bits per heavy atom. The van der Waals surface area contributed by atoms with Gasteiger partial charge in [-0.25, -0.2) is 15.4 Å². The van der Waals surface area contributed by atoms with E-state index in [-0.39, 0.29) is 5.91 Å². The molecule has 1 amide bonds. The molecule has 34 heavy (non-hydrogen) atoms. The van der Waals surface area contributed by atoms with E-state index in [2.05, 4.69) is 27.3 Å². The molecule has 1 heterocycles. The average molecular weight is 463 g/mol. The molecule has 0 aliphatic heterocycles. The lowest BCUT2D eigenvalue weighted by atomic mass is 10.1. The molecular formula is C26H30N4O4. The topological polar surface area (TPSA) is 106 Å². The molecule has 178 valence electrons. The van der Waals surface area contributed by atoms with Gasteiger partial charge in [-0.3, -0.25) is 10.0 Å². The number of benzene rings is 2. The van der Waals surface area contributed by atoms with Crippen molar-refractivity contribution in [2.45, 2.75) is 38.5 Å². The second-order valence-corrected chi connectivity index (χ2v) is 7.84. The number of methoxy groups -OCH3 is 1. The number of aromatic nitrogens is 2. The van der Waals surface area contributed by atoms with E-state index in [0.29, 0.717) is 31.9 Å². The third kappa shape index (κ3) is 7.17. The van der Waals surface area contributed by atoms with Crippen LogP contribution in [-0.4, -0.2) is 41.4 Å². The first-order valence-electron chi connectivity index (χ1n) is 11.3. The minimum absolute atomic E-state index is 0.297. The summed E-state index contributed by atoms with van der Waals surface area (Å²) >= 11 is 0. The molecule has 0 fully saturated rings. The van der Waals surface area contributed by atoms with Crippen LogP contribution in [0.4, 0.5) is 11.5 Å². The van der Waals surface area contributed by atoms with Crippen LogP contribution in [0.15, 0.2) is 42.7 Å². The fourth-order valence-corrected chi connectivity index (χ4v) is 3.59. The number of rotatable bonds is 13. The van der Waals surface area contributed by atoms with Crippen molar-refractivity contribution >= 4 is 28.3 Å². The van der Waals surface area contributed by atoms with Crippen molar-refractivity contribution in [1.82, 2.24) is 15.4 Å². The summed E-state index contributed by atoms with van der Waals surface area (Å²) in [7, 11) is 1.69. The molecule has 0 bridgehead atoms. The molecule has 8 nitrogen and oxygen atoms in total. The van der Waals surface area contributed by atoms with Crippen molar-refractivity contribution in [2.75, 3.05) is 25.6 Å². The summed E-state index contributed by atoms with van der Waals surface area (Å²) in [5, 5.41) is 12.8. The van der Waals surface area contributed by atoms with Crippen LogP contribution in [0.3, 0.4) is 0 Å². The van der Waals surface area contributed by atoms with Gasteiger partial charge in [-0.1, -0.05) is 12.0 Å². The summed E-state index contributed by atoms with van der Waals surface area (Å²) in [4.78, 5) is 20.0. The van der Waals surface area contributed by atoms with Crippen LogP contribution in [0.2, 0.25) is 0 Å². The standard InChI is InChI=1S/C26H30N4O4/c1-3-19-9-7-11-21(15-19)29-26-22-16-20(10-8-13-33-2)24(17-23(22)27-18-28-26)34-14-6-4-5-12-25(31)30-32/h1,7,9,11,15-18,32H,4-6,8,10,12-14H2,2H3,(H,30,31)(H,27,28,29). The van der Waals surface area contributed by atoms with E-state index in [9.17, 15) is 4.79 Å². The Bertz CT molecular complexity index is 1140. The number of anilines is 2. The number of nitrogens with zero attached hydrogens (tertiary/aromatic N) is 2. The molecular weight excluding hydrogens is 432 g/mol. The molecule has 0 atom stereocenters. The van der Waals surface area contributed by atoms with Crippen molar-refractivity contribution in [3.05, 3.63) is 53.9 Å². The molecule has 2 aromatic carbocycles. The number of hydrogen-bond donors (Lipinski definition) is 3. The number of hydrogen-bond acceptors (Lipinski definition) is 7. The third-order valence-electron chi connectivity index (χ3n) is 5.33. The third-order valence-corrected chi connectivity index (χ3v) is 5.33.